The molecule has 3 aliphatic heterocycles. The Morgan fingerprint density at radius 3 is 2.48 bits per heavy atom. The van der Waals surface area contributed by atoms with E-state index in [4.69, 9.17) is 4.74 Å². The summed E-state index contributed by atoms with van der Waals surface area (Å²) < 4.78 is 5.50. The number of hydrogen-bond donors (Lipinski definition) is 2. The van der Waals surface area contributed by atoms with Crippen LogP contribution in [-0.4, -0.2) is 55.6 Å². The Bertz CT molecular complexity index is 1180. The predicted molar refractivity (Wildman–Crippen MR) is 117 cm³/mol. The van der Waals surface area contributed by atoms with Crippen molar-refractivity contribution in [3.63, 3.8) is 0 Å². The third-order valence-corrected chi connectivity index (χ3v) is 6.69. The number of rotatable bonds is 3. The number of carbonyl (C=O) groups is 3. The van der Waals surface area contributed by atoms with E-state index in [0.717, 1.165) is 11.4 Å². The number of nitro groups is 1. The first-order valence-electron chi connectivity index (χ1n) is 10.4. The number of amides is 4. The molecule has 2 N–H and O–H groups in total. The van der Waals surface area contributed by atoms with Crippen molar-refractivity contribution in [2.45, 2.75) is 12.5 Å². The van der Waals surface area contributed by atoms with Gasteiger partial charge in [-0.1, -0.05) is 12.1 Å². The van der Waals surface area contributed by atoms with Crippen molar-refractivity contribution in [3.8, 4) is 5.75 Å². The number of urea groups is 1. The number of nitro benzene ring substituents is 1. The highest BCUT2D eigenvalue weighted by atomic mass is 16.6. The van der Waals surface area contributed by atoms with E-state index in [0.29, 0.717) is 30.9 Å². The average molecular weight is 451 g/mol. The molecule has 11 nitrogen and oxygen atoms in total. The third kappa shape index (κ3) is 3.07. The Morgan fingerprint density at radius 2 is 1.79 bits per heavy atom. The van der Waals surface area contributed by atoms with Crippen LogP contribution in [0.1, 0.15) is 5.56 Å². The number of imide groups is 2. The highest BCUT2D eigenvalue weighted by Gasteiger charge is 2.61. The highest BCUT2D eigenvalue weighted by Crippen LogP contribution is 2.46. The number of non-ortho nitro benzene ring substituents is 1. The smallest absolute Gasteiger partial charge is 0.328 e. The van der Waals surface area contributed by atoms with Crippen LogP contribution in [-0.2, 0) is 16.0 Å². The van der Waals surface area contributed by atoms with Crippen molar-refractivity contribution in [3.05, 3.63) is 58.1 Å². The van der Waals surface area contributed by atoms with E-state index in [1.165, 1.54) is 12.1 Å². The van der Waals surface area contributed by atoms with E-state index >= 15 is 0 Å². The number of nitrogens with one attached hydrogen (secondary N) is 2. The third-order valence-electron chi connectivity index (χ3n) is 6.69. The highest BCUT2D eigenvalue weighted by molar-refractivity contribution is 6.20. The van der Waals surface area contributed by atoms with Crippen LogP contribution in [0.2, 0.25) is 0 Å². The van der Waals surface area contributed by atoms with Crippen molar-refractivity contribution in [1.82, 2.24) is 10.6 Å². The SMILES string of the molecule is COc1ccccc1N1CCN2c3ccc([N+](=O)[O-])cc3CC3(C(=O)NC(=O)NC3=O)[C@@H]2C1. The Kier molecular flexibility index (Phi) is 4.69. The van der Waals surface area contributed by atoms with Crippen LogP contribution in [0.4, 0.5) is 21.9 Å². The van der Waals surface area contributed by atoms with E-state index in [9.17, 15) is 24.5 Å². The van der Waals surface area contributed by atoms with Gasteiger partial charge in [-0.15, -0.1) is 0 Å². The fourth-order valence-electron chi connectivity index (χ4n) is 5.16. The lowest BCUT2D eigenvalue weighted by Crippen LogP contribution is -2.74. The molecule has 3 aliphatic rings. The first kappa shape index (κ1) is 20.7. The van der Waals surface area contributed by atoms with Crippen LogP contribution in [0.25, 0.3) is 0 Å². The van der Waals surface area contributed by atoms with Gasteiger partial charge in [-0.2, -0.15) is 0 Å². The molecular weight excluding hydrogens is 430 g/mol. The summed E-state index contributed by atoms with van der Waals surface area (Å²) in [7, 11) is 1.58. The van der Waals surface area contributed by atoms with Gasteiger partial charge >= 0.3 is 6.03 Å². The maximum absolute atomic E-state index is 13.2. The van der Waals surface area contributed by atoms with E-state index in [1.807, 2.05) is 29.2 Å². The number of para-hydroxylation sites is 2. The van der Waals surface area contributed by atoms with Crippen LogP contribution in [0, 0.1) is 15.5 Å². The van der Waals surface area contributed by atoms with Crippen LogP contribution in [0.5, 0.6) is 5.75 Å². The fourth-order valence-corrected chi connectivity index (χ4v) is 5.16. The largest absolute Gasteiger partial charge is 0.495 e. The number of benzene rings is 2. The lowest BCUT2D eigenvalue weighted by Gasteiger charge is -2.54. The molecule has 0 saturated carbocycles. The second-order valence-corrected chi connectivity index (χ2v) is 8.28. The van der Waals surface area contributed by atoms with Gasteiger partial charge in [0.15, 0.2) is 5.41 Å². The number of barbiturate groups is 1. The molecule has 33 heavy (non-hydrogen) atoms. The molecule has 3 heterocycles. The van der Waals surface area contributed by atoms with Gasteiger partial charge < -0.3 is 14.5 Å². The summed E-state index contributed by atoms with van der Waals surface area (Å²) in [5, 5.41) is 15.8. The minimum Gasteiger partial charge on any atom is -0.495 e. The maximum atomic E-state index is 13.2. The monoisotopic (exact) mass is 451 g/mol. The average Bonchev–Trinajstić information content (AvgIpc) is 2.81. The molecule has 1 spiro atoms. The number of nitrogens with zero attached hydrogens (tertiary/aromatic N) is 3. The van der Waals surface area contributed by atoms with Crippen molar-refractivity contribution < 1.29 is 24.0 Å². The van der Waals surface area contributed by atoms with Gasteiger partial charge in [0.2, 0.25) is 11.8 Å². The van der Waals surface area contributed by atoms with Crippen molar-refractivity contribution in [2.75, 3.05) is 36.5 Å². The zero-order chi connectivity index (χ0) is 23.3. The maximum Gasteiger partial charge on any atom is 0.328 e. The molecular formula is C22H21N5O6. The standard InChI is InChI=1S/C22H21N5O6/c1-33-17-5-3-2-4-16(17)25-8-9-26-15-7-6-14(27(31)32)10-13(15)11-22(18(26)12-25)19(28)23-21(30)24-20(22)29/h2-7,10,18H,8-9,11-12H2,1H3,(H2,23,24,28,29,30)/t18-/m0/s1. The molecule has 0 unspecified atom stereocenters. The van der Waals surface area contributed by atoms with E-state index in [1.54, 1.807) is 13.2 Å². The summed E-state index contributed by atoms with van der Waals surface area (Å²) in [5.41, 5.74) is 0.343. The molecule has 2 aromatic rings. The van der Waals surface area contributed by atoms with E-state index in [2.05, 4.69) is 15.5 Å². The lowest BCUT2D eigenvalue weighted by molar-refractivity contribution is -0.384. The predicted octanol–water partition coefficient (Wildman–Crippen LogP) is 1.21. The van der Waals surface area contributed by atoms with Gasteiger partial charge in [0.25, 0.3) is 5.69 Å². The van der Waals surface area contributed by atoms with E-state index < -0.39 is 34.2 Å². The number of methoxy groups -OCH3 is 1. The molecule has 0 bridgehead atoms. The van der Waals surface area contributed by atoms with Crippen molar-refractivity contribution in [1.29, 1.82) is 0 Å². The number of anilines is 2. The second kappa shape index (κ2) is 7.47. The molecule has 4 amide bonds. The summed E-state index contributed by atoms with van der Waals surface area (Å²) in [4.78, 5) is 53.2. The summed E-state index contributed by atoms with van der Waals surface area (Å²) in [6, 6.07) is 10.5. The molecule has 2 saturated heterocycles. The summed E-state index contributed by atoms with van der Waals surface area (Å²) in [5.74, 6) is -0.741. The van der Waals surface area contributed by atoms with Gasteiger partial charge in [-0.25, -0.2) is 4.79 Å². The molecule has 11 heteroatoms. The number of carbonyl (C=O) groups excluding carboxylic acids is 3. The zero-order valence-corrected chi connectivity index (χ0v) is 17.7. The molecule has 2 fully saturated rings. The summed E-state index contributed by atoms with van der Waals surface area (Å²) >= 11 is 0. The topological polar surface area (TPSA) is 134 Å². The minimum atomic E-state index is -1.63. The molecule has 1 atom stereocenters. The normalized spacial score (nSPS) is 21.1. The number of ether oxygens (including phenoxy) is 1. The van der Waals surface area contributed by atoms with Crippen LogP contribution in [0.15, 0.2) is 42.5 Å². The van der Waals surface area contributed by atoms with Crippen LogP contribution < -0.4 is 25.2 Å². The molecule has 0 aromatic heterocycles. The molecule has 2 aromatic carbocycles. The minimum absolute atomic E-state index is 0.0596. The van der Waals surface area contributed by atoms with Crippen molar-refractivity contribution in [2.24, 2.45) is 5.41 Å². The van der Waals surface area contributed by atoms with Gasteiger partial charge in [-0.3, -0.25) is 30.3 Å². The van der Waals surface area contributed by atoms with Gasteiger partial charge in [-0.05, 0) is 23.8 Å². The Hall–Kier alpha value is -4.15. The lowest BCUT2D eigenvalue weighted by atomic mass is 9.68. The van der Waals surface area contributed by atoms with Gasteiger partial charge in [0.1, 0.15) is 5.75 Å². The first-order chi connectivity index (χ1) is 15.8. The molecule has 5 rings (SSSR count). The number of piperazine rings is 1. The quantitative estimate of drug-likeness (QED) is 0.404. The van der Waals surface area contributed by atoms with Crippen LogP contribution in [0.3, 0.4) is 0 Å². The fraction of sp³-hybridized carbons (Fsp3) is 0.318. The van der Waals surface area contributed by atoms with Gasteiger partial charge in [0, 0.05) is 43.9 Å². The number of hydrogen-bond acceptors (Lipinski definition) is 8. The Balaban J connectivity index is 1.62. The molecule has 0 aliphatic carbocycles. The summed E-state index contributed by atoms with van der Waals surface area (Å²) in [6.07, 6.45) is -0.0596. The zero-order valence-electron chi connectivity index (χ0n) is 17.7. The first-order valence-corrected chi connectivity index (χ1v) is 10.4. The van der Waals surface area contributed by atoms with E-state index in [-0.39, 0.29) is 12.1 Å². The van der Waals surface area contributed by atoms with Gasteiger partial charge in [0.05, 0.1) is 23.8 Å². The molecule has 170 valence electrons. The van der Waals surface area contributed by atoms with Crippen molar-refractivity contribution >= 4 is 34.9 Å². The second-order valence-electron chi connectivity index (χ2n) is 8.28. The molecule has 0 radical (unpaired) electrons. The van der Waals surface area contributed by atoms with Crippen LogP contribution >= 0.6 is 0 Å². The number of fused-ring (bicyclic) bond motifs is 4. The Morgan fingerprint density at radius 1 is 1.06 bits per heavy atom. The summed E-state index contributed by atoms with van der Waals surface area (Å²) in [6.45, 7) is 1.35. The Labute approximate surface area is 188 Å².